The molecule has 0 aliphatic heterocycles. The molecule has 0 spiro atoms. The Balaban J connectivity index is 1.93. The van der Waals surface area contributed by atoms with Gasteiger partial charge >= 0.3 is 0 Å². The quantitative estimate of drug-likeness (QED) is 0.780. The van der Waals surface area contributed by atoms with Crippen molar-refractivity contribution in [3.63, 3.8) is 0 Å². The number of aryl methyl sites for hydroxylation is 2. The zero-order chi connectivity index (χ0) is 17.5. The summed E-state index contributed by atoms with van der Waals surface area (Å²) in [5, 5.41) is 0. The van der Waals surface area contributed by atoms with Gasteiger partial charge in [-0.3, -0.25) is 4.79 Å². The lowest BCUT2D eigenvalue weighted by molar-refractivity contribution is -0.130. The average molecular weight is 327 g/mol. The summed E-state index contributed by atoms with van der Waals surface area (Å²) in [6.07, 6.45) is 1.21. The molecule has 0 saturated carbocycles. The number of amides is 1. The van der Waals surface area contributed by atoms with Gasteiger partial charge in [0.15, 0.2) is 0 Å². The van der Waals surface area contributed by atoms with Crippen molar-refractivity contribution in [3.05, 3.63) is 59.2 Å². The Morgan fingerprint density at radius 2 is 1.75 bits per heavy atom. The Bertz CT molecular complexity index is 697. The summed E-state index contributed by atoms with van der Waals surface area (Å²) < 4.78 is 10.6. The molecule has 0 bridgehead atoms. The molecule has 128 valence electrons. The zero-order valence-electron chi connectivity index (χ0n) is 14.8. The van der Waals surface area contributed by atoms with E-state index in [9.17, 15) is 4.79 Å². The van der Waals surface area contributed by atoms with Gasteiger partial charge in [0, 0.05) is 25.6 Å². The highest BCUT2D eigenvalue weighted by Crippen LogP contribution is 2.21. The molecule has 0 aliphatic carbocycles. The van der Waals surface area contributed by atoms with Crippen LogP contribution in [0.25, 0.3) is 0 Å². The standard InChI is InChI=1S/C20H25NO3/c1-15-13-16(9-11-18(15)23-3)10-12-20(22)21(2)14-17-7-5-6-8-19(17)24-4/h5-9,11,13H,10,12,14H2,1-4H3. The third-order valence-corrected chi connectivity index (χ3v) is 4.11. The molecule has 2 rings (SSSR count). The Hall–Kier alpha value is -2.49. The maximum Gasteiger partial charge on any atom is 0.222 e. The van der Waals surface area contributed by atoms with Gasteiger partial charge in [-0.05, 0) is 36.6 Å². The second kappa shape index (κ2) is 8.39. The molecule has 1 amide bonds. The molecule has 0 aliphatic rings. The highest BCUT2D eigenvalue weighted by atomic mass is 16.5. The maximum atomic E-state index is 12.4. The van der Waals surface area contributed by atoms with Gasteiger partial charge in [0.2, 0.25) is 5.91 Å². The van der Waals surface area contributed by atoms with Crippen LogP contribution in [0.1, 0.15) is 23.1 Å². The lowest BCUT2D eigenvalue weighted by atomic mass is 10.1. The van der Waals surface area contributed by atoms with Crippen molar-refractivity contribution in [1.82, 2.24) is 4.90 Å². The molecule has 4 nitrogen and oxygen atoms in total. The lowest BCUT2D eigenvalue weighted by Crippen LogP contribution is -2.26. The average Bonchev–Trinajstić information content (AvgIpc) is 2.60. The molecule has 0 saturated heterocycles. The van der Waals surface area contributed by atoms with Gasteiger partial charge < -0.3 is 14.4 Å². The molecular weight excluding hydrogens is 302 g/mol. The van der Waals surface area contributed by atoms with E-state index in [2.05, 4.69) is 6.07 Å². The first-order valence-electron chi connectivity index (χ1n) is 8.04. The molecular formula is C20H25NO3. The minimum atomic E-state index is 0.120. The number of carbonyl (C=O) groups excluding carboxylic acids is 1. The minimum absolute atomic E-state index is 0.120. The van der Waals surface area contributed by atoms with E-state index in [1.54, 1.807) is 19.1 Å². The van der Waals surface area contributed by atoms with Crippen LogP contribution in [-0.4, -0.2) is 32.1 Å². The van der Waals surface area contributed by atoms with E-state index in [1.807, 2.05) is 50.4 Å². The number of rotatable bonds is 7. The number of benzene rings is 2. The summed E-state index contributed by atoms with van der Waals surface area (Å²) in [5.41, 5.74) is 3.24. The lowest BCUT2D eigenvalue weighted by Gasteiger charge is -2.19. The molecule has 0 aromatic heterocycles. The van der Waals surface area contributed by atoms with Gasteiger partial charge in [0.05, 0.1) is 14.2 Å². The monoisotopic (exact) mass is 327 g/mol. The largest absolute Gasteiger partial charge is 0.496 e. The number of nitrogens with zero attached hydrogens (tertiary/aromatic N) is 1. The third-order valence-electron chi connectivity index (χ3n) is 4.11. The van der Waals surface area contributed by atoms with Crippen molar-refractivity contribution in [2.45, 2.75) is 26.3 Å². The molecule has 24 heavy (non-hydrogen) atoms. The van der Waals surface area contributed by atoms with Gasteiger partial charge in [-0.1, -0.05) is 30.3 Å². The highest BCUT2D eigenvalue weighted by molar-refractivity contribution is 5.76. The number of hydrogen-bond acceptors (Lipinski definition) is 3. The minimum Gasteiger partial charge on any atom is -0.496 e. The Kier molecular flexibility index (Phi) is 6.24. The Morgan fingerprint density at radius 3 is 2.42 bits per heavy atom. The van der Waals surface area contributed by atoms with Crippen LogP contribution in [0.2, 0.25) is 0 Å². The Labute approximate surface area is 144 Å². The van der Waals surface area contributed by atoms with Gasteiger partial charge in [-0.15, -0.1) is 0 Å². The summed E-state index contributed by atoms with van der Waals surface area (Å²) in [7, 11) is 5.14. The van der Waals surface area contributed by atoms with Gasteiger partial charge in [0.25, 0.3) is 0 Å². The normalized spacial score (nSPS) is 10.3. The number of carbonyl (C=O) groups is 1. The highest BCUT2D eigenvalue weighted by Gasteiger charge is 2.12. The Morgan fingerprint density at radius 1 is 1.04 bits per heavy atom. The van der Waals surface area contributed by atoms with E-state index in [0.717, 1.165) is 34.6 Å². The van der Waals surface area contributed by atoms with Crippen molar-refractivity contribution in [1.29, 1.82) is 0 Å². The van der Waals surface area contributed by atoms with Crippen LogP contribution in [0.4, 0.5) is 0 Å². The molecule has 0 unspecified atom stereocenters. The molecule has 0 atom stereocenters. The number of para-hydroxylation sites is 1. The van der Waals surface area contributed by atoms with E-state index in [1.165, 1.54) is 0 Å². The van der Waals surface area contributed by atoms with Crippen molar-refractivity contribution < 1.29 is 14.3 Å². The molecule has 4 heteroatoms. The first-order chi connectivity index (χ1) is 11.5. The SMILES string of the molecule is COc1ccc(CCC(=O)N(C)Cc2ccccc2OC)cc1C. The van der Waals surface area contributed by atoms with E-state index in [0.29, 0.717) is 13.0 Å². The van der Waals surface area contributed by atoms with Crippen molar-refractivity contribution in [2.75, 3.05) is 21.3 Å². The van der Waals surface area contributed by atoms with Crippen molar-refractivity contribution in [3.8, 4) is 11.5 Å². The molecule has 0 heterocycles. The molecule has 0 fully saturated rings. The first-order valence-corrected chi connectivity index (χ1v) is 8.04. The van der Waals surface area contributed by atoms with Crippen LogP contribution in [0, 0.1) is 6.92 Å². The van der Waals surface area contributed by atoms with Crippen LogP contribution < -0.4 is 9.47 Å². The second-order valence-corrected chi connectivity index (χ2v) is 5.87. The second-order valence-electron chi connectivity index (χ2n) is 5.87. The van der Waals surface area contributed by atoms with Crippen LogP contribution in [0.15, 0.2) is 42.5 Å². The van der Waals surface area contributed by atoms with Gasteiger partial charge in [-0.2, -0.15) is 0 Å². The van der Waals surface area contributed by atoms with Crippen LogP contribution in [-0.2, 0) is 17.8 Å². The summed E-state index contributed by atoms with van der Waals surface area (Å²) in [4.78, 5) is 14.1. The van der Waals surface area contributed by atoms with E-state index >= 15 is 0 Å². The predicted molar refractivity (Wildman–Crippen MR) is 95.5 cm³/mol. The predicted octanol–water partition coefficient (Wildman–Crippen LogP) is 3.60. The number of methoxy groups -OCH3 is 2. The maximum absolute atomic E-state index is 12.4. The van der Waals surface area contributed by atoms with E-state index in [4.69, 9.17) is 9.47 Å². The summed E-state index contributed by atoms with van der Waals surface area (Å²) in [6.45, 7) is 2.56. The van der Waals surface area contributed by atoms with Crippen molar-refractivity contribution >= 4 is 5.91 Å². The topological polar surface area (TPSA) is 38.8 Å². The van der Waals surface area contributed by atoms with Gasteiger partial charge in [-0.25, -0.2) is 0 Å². The molecule has 2 aromatic rings. The fraction of sp³-hybridized carbons (Fsp3) is 0.350. The summed E-state index contributed by atoms with van der Waals surface area (Å²) in [6, 6.07) is 13.8. The molecule has 0 radical (unpaired) electrons. The third kappa shape index (κ3) is 4.51. The van der Waals surface area contributed by atoms with Crippen LogP contribution in [0.3, 0.4) is 0 Å². The smallest absolute Gasteiger partial charge is 0.222 e. The van der Waals surface area contributed by atoms with Crippen molar-refractivity contribution in [2.24, 2.45) is 0 Å². The zero-order valence-corrected chi connectivity index (χ0v) is 14.8. The van der Waals surface area contributed by atoms with Gasteiger partial charge in [0.1, 0.15) is 11.5 Å². The number of ether oxygens (including phenoxy) is 2. The summed E-state index contributed by atoms with van der Waals surface area (Å²) >= 11 is 0. The molecule has 0 N–H and O–H groups in total. The van der Waals surface area contributed by atoms with Crippen LogP contribution >= 0.6 is 0 Å². The van der Waals surface area contributed by atoms with E-state index < -0.39 is 0 Å². The molecule has 2 aromatic carbocycles. The first kappa shape index (κ1) is 17.9. The number of hydrogen-bond donors (Lipinski definition) is 0. The van der Waals surface area contributed by atoms with E-state index in [-0.39, 0.29) is 5.91 Å². The summed E-state index contributed by atoms with van der Waals surface area (Å²) in [5.74, 6) is 1.80. The van der Waals surface area contributed by atoms with Crippen LogP contribution in [0.5, 0.6) is 11.5 Å². The fourth-order valence-corrected chi connectivity index (χ4v) is 2.72. The fourth-order valence-electron chi connectivity index (χ4n) is 2.72.